The number of nitrogens with two attached hydrogens (primary N) is 1. The van der Waals surface area contributed by atoms with Crippen molar-refractivity contribution in [2.75, 3.05) is 0 Å². The Bertz CT molecular complexity index is 549. The van der Waals surface area contributed by atoms with Gasteiger partial charge in [-0.3, -0.25) is 0 Å². The molecule has 1 unspecified atom stereocenters. The molecule has 0 saturated carbocycles. The van der Waals surface area contributed by atoms with Gasteiger partial charge in [0.2, 0.25) is 0 Å². The number of aryl methyl sites for hydroxylation is 2. The molecule has 1 aliphatic carbocycles. The molecular formula is C14H15N3. The van der Waals surface area contributed by atoms with E-state index in [1.54, 1.807) is 0 Å². The summed E-state index contributed by atoms with van der Waals surface area (Å²) in [7, 11) is 0. The summed E-state index contributed by atoms with van der Waals surface area (Å²) in [5.74, 6) is 0.830. The van der Waals surface area contributed by atoms with Crippen LogP contribution in [0.25, 0.3) is 11.3 Å². The second kappa shape index (κ2) is 3.93. The first-order valence-electron chi connectivity index (χ1n) is 5.94. The van der Waals surface area contributed by atoms with Crippen molar-refractivity contribution < 1.29 is 0 Å². The molecule has 3 rings (SSSR count). The minimum absolute atomic E-state index is 0.0841. The Labute approximate surface area is 101 Å². The number of aromatic nitrogens is 2. The van der Waals surface area contributed by atoms with Gasteiger partial charge in [-0.2, -0.15) is 0 Å². The summed E-state index contributed by atoms with van der Waals surface area (Å²) in [5, 5.41) is 0. The van der Waals surface area contributed by atoms with Crippen LogP contribution in [-0.2, 0) is 6.42 Å². The van der Waals surface area contributed by atoms with Gasteiger partial charge in [-0.1, -0.05) is 30.3 Å². The van der Waals surface area contributed by atoms with Gasteiger partial charge in [0.15, 0.2) is 0 Å². The van der Waals surface area contributed by atoms with Crippen LogP contribution in [0.3, 0.4) is 0 Å². The largest absolute Gasteiger partial charge is 0.324 e. The Kier molecular flexibility index (Phi) is 2.41. The number of nitrogens with zero attached hydrogens (tertiary/aromatic N) is 2. The van der Waals surface area contributed by atoms with E-state index in [2.05, 4.69) is 22.1 Å². The molecule has 0 saturated heterocycles. The molecule has 1 heterocycles. The predicted octanol–water partition coefficient (Wildman–Crippen LogP) is 2.40. The van der Waals surface area contributed by atoms with E-state index in [0.717, 1.165) is 41.2 Å². The fourth-order valence-electron chi connectivity index (χ4n) is 2.47. The Morgan fingerprint density at radius 1 is 1.18 bits per heavy atom. The molecule has 2 N–H and O–H groups in total. The van der Waals surface area contributed by atoms with Crippen molar-refractivity contribution >= 4 is 0 Å². The Morgan fingerprint density at radius 3 is 2.71 bits per heavy atom. The fourth-order valence-corrected chi connectivity index (χ4v) is 2.47. The van der Waals surface area contributed by atoms with Gasteiger partial charge in [0.05, 0.1) is 5.69 Å². The summed E-state index contributed by atoms with van der Waals surface area (Å²) >= 11 is 0. The van der Waals surface area contributed by atoms with Gasteiger partial charge in [0.25, 0.3) is 0 Å². The van der Waals surface area contributed by atoms with Crippen LogP contribution in [0.4, 0.5) is 0 Å². The second-order valence-corrected chi connectivity index (χ2v) is 4.49. The van der Waals surface area contributed by atoms with E-state index in [4.69, 9.17) is 5.73 Å². The molecule has 1 atom stereocenters. The van der Waals surface area contributed by atoms with E-state index in [1.165, 1.54) is 0 Å². The lowest BCUT2D eigenvalue weighted by Gasteiger charge is -2.11. The molecular weight excluding hydrogens is 210 g/mol. The number of rotatable bonds is 1. The highest BCUT2D eigenvalue weighted by atomic mass is 14.9. The molecule has 3 heteroatoms. The van der Waals surface area contributed by atoms with Gasteiger partial charge in [-0.15, -0.1) is 0 Å². The predicted molar refractivity (Wildman–Crippen MR) is 67.5 cm³/mol. The summed E-state index contributed by atoms with van der Waals surface area (Å²) in [6, 6.07) is 10.3. The van der Waals surface area contributed by atoms with E-state index < -0.39 is 0 Å². The van der Waals surface area contributed by atoms with Gasteiger partial charge in [0.1, 0.15) is 5.82 Å². The molecule has 0 aliphatic heterocycles. The zero-order valence-electron chi connectivity index (χ0n) is 9.85. The van der Waals surface area contributed by atoms with Crippen LogP contribution in [-0.4, -0.2) is 9.97 Å². The maximum atomic E-state index is 6.15. The molecule has 2 aromatic rings. The van der Waals surface area contributed by atoms with Crippen LogP contribution in [0, 0.1) is 6.92 Å². The molecule has 0 amide bonds. The second-order valence-electron chi connectivity index (χ2n) is 4.49. The van der Waals surface area contributed by atoms with E-state index in [9.17, 15) is 0 Å². The summed E-state index contributed by atoms with van der Waals surface area (Å²) in [6.45, 7) is 1.94. The van der Waals surface area contributed by atoms with Crippen molar-refractivity contribution in [2.24, 2.45) is 5.73 Å². The lowest BCUT2D eigenvalue weighted by atomic mass is 10.0. The third-order valence-corrected chi connectivity index (χ3v) is 3.25. The van der Waals surface area contributed by atoms with Crippen LogP contribution < -0.4 is 5.73 Å². The molecule has 1 aliphatic rings. The van der Waals surface area contributed by atoms with Gasteiger partial charge in [-0.25, -0.2) is 9.97 Å². The summed E-state index contributed by atoms with van der Waals surface area (Å²) in [6.07, 6.45) is 1.95. The molecule has 0 spiro atoms. The van der Waals surface area contributed by atoms with Crippen molar-refractivity contribution in [3.63, 3.8) is 0 Å². The molecule has 0 bridgehead atoms. The van der Waals surface area contributed by atoms with Crippen molar-refractivity contribution in [3.05, 3.63) is 47.4 Å². The smallest absolute Gasteiger partial charge is 0.126 e. The first-order valence-corrected chi connectivity index (χ1v) is 5.94. The van der Waals surface area contributed by atoms with Crippen molar-refractivity contribution in [2.45, 2.75) is 25.8 Å². The van der Waals surface area contributed by atoms with E-state index in [-0.39, 0.29) is 6.04 Å². The highest BCUT2D eigenvalue weighted by molar-refractivity contribution is 5.65. The molecule has 1 aromatic heterocycles. The fraction of sp³-hybridized carbons (Fsp3) is 0.286. The monoisotopic (exact) mass is 225 g/mol. The third-order valence-electron chi connectivity index (χ3n) is 3.25. The summed E-state index contributed by atoms with van der Waals surface area (Å²) in [5.41, 5.74) is 10.6. The molecule has 1 aromatic carbocycles. The van der Waals surface area contributed by atoms with Crippen LogP contribution >= 0.6 is 0 Å². The highest BCUT2D eigenvalue weighted by Crippen LogP contribution is 2.35. The Morgan fingerprint density at radius 2 is 1.94 bits per heavy atom. The average molecular weight is 225 g/mol. The normalized spacial score (nSPS) is 18.1. The molecule has 0 fully saturated rings. The zero-order valence-corrected chi connectivity index (χ0v) is 9.85. The first-order chi connectivity index (χ1) is 8.25. The summed E-state index contributed by atoms with van der Waals surface area (Å²) in [4.78, 5) is 9.07. The lowest BCUT2D eigenvalue weighted by molar-refractivity contribution is 0.712. The standard InChI is InChI=1S/C14H15N3/c1-9-16-12-8-7-11(15)13(12)14(17-9)10-5-3-2-4-6-10/h2-6,11H,7-8,15H2,1H3. The summed E-state index contributed by atoms with van der Waals surface area (Å²) < 4.78 is 0. The van der Waals surface area contributed by atoms with Crippen LogP contribution in [0.1, 0.15) is 29.5 Å². The highest BCUT2D eigenvalue weighted by Gasteiger charge is 2.25. The number of hydrogen-bond donors (Lipinski definition) is 1. The lowest BCUT2D eigenvalue weighted by Crippen LogP contribution is -2.09. The maximum absolute atomic E-state index is 6.15. The number of hydrogen-bond acceptors (Lipinski definition) is 3. The van der Waals surface area contributed by atoms with Crippen LogP contribution in [0.5, 0.6) is 0 Å². The van der Waals surface area contributed by atoms with Crippen molar-refractivity contribution in [1.29, 1.82) is 0 Å². The molecule has 17 heavy (non-hydrogen) atoms. The quantitative estimate of drug-likeness (QED) is 0.810. The third kappa shape index (κ3) is 1.72. The van der Waals surface area contributed by atoms with E-state index >= 15 is 0 Å². The topological polar surface area (TPSA) is 51.8 Å². The number of benzene rings is 1. The molecule has 86 valence electrons. The number of fused-ring (bicyclic) bond motifs is 1. The van der Waals surface area contributed by atoms with E-state index in [0.29, 0.717) is 0 Å². The first kappa shape index (κ1) is 10.4. The van der Waals surface area contributed by atoms with Crippen molar-refractivity contribution in [1.82, 2.24) is 9.97 Å². The Balaban J connectivity index is 2.24. The van der Waals surface area contributed by atoms with Gasteiger partial charge in [-0.05, 0) is 19.8 Å². The molecule has 3 nitrogen and oxygen atoms in total. The SMILES string of the molecule is Cc1nc2c(c(-c3ccccc3)n1)C(N)CC2. The zero-order chi connectivity index (χ0) is 11.8. The van der Waals surface area contributed by atoms with Gasteiger partial charge < -0.3 is 5.73 Å². The van der Waals surface area contributed by atoms with Gasteiger partial charge in [0, 0.05) is 22.9 Å². The van der Waals surface area contributed by atoms with Crippen LogP contribution in [0.15, 0.2) is 30.3 Å². The van der Waals surface area contributed by atoms with E-state index in [1.807, 2.05) is 25.1 Å². The molecule has 0 radical (unpaired) electrons. The minimum Gasteiger partial charge on any atom is -0.324 e. The maximum Gasteiger partial charge on any atom is 0.126 e. The van der Waals surface area contributed by atoms with Gasteiger partial charge >= 0.3 is 0 Å². The minimum atomic E-state index is 0.0841. The van der Waals surface area contributed by atoms with Crippen LogP contribution in [0.2, 0.25) is 0 Å². The average Bonchev–Trinajstić information content (AvgIpc) is 2.71. The van der Waals surface area contributed by atoms with Crippen molar-refractivity contribution in [3.8, 4) is 11.3 Å². The Hall–Kier alpha value is -1.74.